The third-order valence-corrected chi connectivity index (χ3v) is 2.87. The zero-order valence-electron chi connectivity index (χ0n) is 9.43. The summed E-state index contributed by atoms with van der Waals surface area (Å²) in [5, 5.41) is 0. The molecule has 1 aliphatic heterocycles. The number of hydrogen-bond acceptors (Lipinski definition) is 2. The maximum Gasteiger partial charge on any atom is 0.162 e. The number of nitrogens with zero attached hydrogens (tertiary/aromatic N) is 1. The van der Waals surface area contributed by atoms with E-state index < -0.39 is 0 Å². The van der Waals surface area contributed by atoms with Gasteiger partial charge in [-0.1, -0.05) is 42.5 Å². The van der Waals surface area contributed by atoms with Crippen molar-refractivity contribution in [1.82, 2.24) is 4.90 Å². The molecule has 1 aromatic rings. The fraction of sp³-hybridized carbons (Fsp3) is 0.357. The van der Waals surface area contributed by atoms with Gasteiger partial charge < -0.3 is 0 Å². The smallest absolute Gasteiger partial charge is 0.162 e. The second kappa shape index (κ2) is 5.61. The molecule has 0 spiro atoms. The molecule has 0 unspecified atom stereocenters. The molecule has 0 bridgehead atoms. The Bertz CT molecular complexity index is 362. The van der Waals surface area contributed by atoms with Crippen LogP contribution in [0.15, 0.2) is 42.5 Å². The molecule has 0 radical (unpaired) electrons. The van der Waals surface area contributed by atoms with Crippen molar-refractivity contribution in [1.29, 1.82) is 0 Å². The van der Waals surface area contributed by atoms with Crippen molar-refractivity contribution in [2.24, 2.45) is 0 Å². The topological polar surface area (TPSA) is 20.3 Å². The molecule has 0 atom stereocenters. The molecule has 2 rings (SSSR count). The van der Waals surface area contributed by atoms with Gasteiger partial charge >= 0.3 is 0 Å². The summed E-state index contributed by atoms with van der Waals surface area (Å²) < 4.78 is 0. The predicted molar refractivity (Wildman–Crippen MR) is 65.6 cm³/mol. The minimum absolute atomic E-state index is 0.257. The lowest BCUT2D eigenvalue weighted by molar-refractivity contribution is 0.0976. The predicted octanol–water partition coefficient (Wildman–Crippen LogP) is 2.52. The lowest BCUT2D eigenvalue weighted by Gasteiger charge is -2.13. The SMILES string of the molecule is O=C(CCCN1CC=CC1)c1ccccc1. The van der Waals surface area contributed by atoms with Crippen LogP contribution in [0.4, 0.5) is 0 Å². The highest BCUT2D eigenvalue weighted by atomic mass is 16.1. The summed E-state index contributed by atoms with van der Waals surface area (Å²) in [5.41, 5.74) is 0.835. The molecule has 1 heterocycles. The third kappa shape index (κ3) is 3.04. The van der Waals surface area contributed by atoms with Crippen LogP contribution in [-0.2, 0) is 0 Å². The van der Waals surface area contributed by atoms with Crippen molar-refractivity contribution in [3.63, 3.8) is 0 Å². The maximum absolute atomic E-state index is 11.8. The maximum atomic E-state index is 11.8. The second-order valence-electron chi connectivity index (χ2n) is 4.12. The second-order valence-corrected chi connectivity index (χ2v) is 4.12. The Morgan fingerprint density at radius 1 is 1.12 bits per heavy atom. The van der Waals surface area contributed by atoms with Crippen LogP contribution in [0.25, 0.3) is 0 Å². The molecule has 1 aliphatic rings. The van der Waals surface area contributed by atoms with Crippen LogP contribution in [-0.4, -0.2) is 30.3 Å². The summed E-state index contributed by atoms with van der Waals surface area (Å²) in [6.07, 6.45) is 5.97. The van der Waals surface area contributed by atoms with Gasteiger partial charge in [0.1, 0.15) is 0 Å². The molecule has 0 saturated carbocycles. The molecule has 0 aromatic heterocycles. The van der Waals surface area contributed by atoms with Crippen molar-refractivity contribution < 1.29 is 4.79 Å². The van der Waals surface area contributed by atoms with E-state index in [-0.39, 0.29) is 5.78 Å². The van der Waals surface area contributed by atoms with Gasteiger partial charge in [-0.3, -0.25) is 9.69 Å². The van der Waals surface area contributed by atoms with Gasteiger partial charge in [0, 0.05) is 25.1 Å². The molecule has 16 heavy (non-hydrogen) atoms. The van der Waals surface area contributed by atoms with Gasteiger partial charge in [0.2, 0.25) is 0 Å². The normalized spacial score (nSPS) is 15.5. The largest absolute Gasteiger partial charge is 0.296 e. The lowest BCUT2D eigenvalue weighted by Crippen LogP contribution is -2.21. The van der Waals surface area contributed by atoms with E-state index in [1.807, 2.05) is 30.3 Å². The molecule has 2 nitrogen and oxygen atoms in total. The van der Waals surface area contributed by atoms with Crippen LogP contribution in [0.3, 0.4) is 0 Å². The molecule has 0 N–H and O–H groups in total. The first-order valence-corrected chi connectivity index (χ1v) is 5.82. The Balaban J connectivity index is 1.72. The Morgan fingerprint density at radius 3 is 2.50 bits per heavy atom. The highest BCUT2D eigenvalue weighted by Gasteiger charge is 2.08. The zero-order chi connectivity index (χ0) is 11.2. The average molecular weight is 215 g/mol. The molecule has 1 aromatic carbocycles. The fourth-order valence-corrected chi connectivity index (χ4v) is 1.94. The number of carbonyl (C=O) groups is 1. The monoisotopic (exact) mass is 215 g/mol. The minimum atomic E-state index is 0.257. The van der Waals surface area contributed by atoms with Crippen LogP contribution < -0.4 is 0 Å². The van der Waals surface area contributed by atoms with Gasteiger partial charge in [0.25, 0.3) is 0 Å². The van der Waals surface area contributed by atoms with Gasteiger partial charge in [0.15, 0.2) is 5.78 Å². The van der Waals surface area contributed by atoms with E-state index in [0.29, 0.717) is 6.42 Å². The number of rotatable bonds is 5. The summed E-state index contributed by atoms with van der Waals surface area (Å²) in [6, 6.07) is 9.54. The number of hydrogen-bond donors (Lipinski definition) is 0. The average Bonchev–Trinajstić information content (AvgIpc) is 2.83. The molecular weight excluding hydrogens is 198 g/mol. The lowest BCUT2D eigenvalue weighted by atomic mass is 10.1. The highest BCUT2D eigenvalue weighted by Crippen LogP contribution is 2.07. The van der Waals surface area contributed by atoms with E-state index in [0.717, 1.165) is 31.6 Å². The van der Waals surface area contributed by atoms with Gasteiger partial charge in [0.05, 0.1) is 0 Å². The van der Waals surface area contributed by atoms with E-state index >= 15 is 0 Å². The Kier molecular flexibility index (Phi) is 3.89. The molecule has 2 heteroatoms. The standard InChI is InChI=1S/C14H17NO/c16-14(13-7-2-1-3-8-13)9-6-12-15-10-4-5-11-15/h1-5,7-8H,6,9-12H2. The summed E-state index contributed by atoms with van der Waals surface area (Å²) in [6.45, 7) is 3.10. The first kappa shape index (κ1) is 11.1. The molecule has 0 aliphatic carbocycles. The number of ketones is 1. The van der Waals surface area contributed by atoms with Gasteiger partial charge in [-0.15, -0.1) is 0 Å². The van der Waals surface area contributed by atoms with Crippen molar-refractivity contribution in [2.45, 2.75) is 12.8 Å². The number of benzene rings is 1. The van der Waals surface area contributed by atoms with Crippen molar-refractivity contribution in [3.05, 3.63) is 48.0 Å². The Labute approximate surface area is 96.6 Å². The van der Waals surface area contributed by atoms with Crippen LogP contribution in [0.1, 0.15) is 23.2 Å². The number of Topliss-reactive ketones (excluding diaryl/α,β-unsaturated/α-hetero) is 1. The van der Waals surface area contributed by atoms with Gasteiger partial charge in [-0.25, -0.2) is 0 Å². The zero-order valence-corrected chi connectivity index (χ0v) is 9.43. The molecule has 0 saturated heterocycles. The summed E-state index contributed by atoms with van der Waals surface area (Å²) in [5.74, 6) is 0.257. The quantitative estimate of drug-likeness (QED) is 0.555. The van der Waals surface area contributed by atoms with E-state index in [4.69, 9.17) is 0 Å². The highest BCUT2D eigenvalue weighted by molar-refractivity contribution is 5.95. The van der Waals surface area contributed by atoms with Crippen molar-refractivity contribution in [3.8, 4) is 0 Å². The summed E-state index contributed by atoms with van der Waals surface area (Å²) in [7, 11) is 0. The Hall–Kier alpha value is -1.41. The van der Waals surface area contributed by atoms with Crippen LogP contribution >= 0.6 is 0 Å². The van der Waals surface area contributed by atoms with Crippen LogP contribution in [0.2, 0.25) is 0 Å². The molecule has 84 valence electrons. The van der Waals surface area contributed by atoms with Crippen LogP contribution in [0.5, 0.6) is 0 Å². The van der Waals surface area contributed by atoms with E-state index in [1.165, 1.54) is 0 Å². The third-order valence-electron chi connectivity index (χ3n) is 2.87. The van der Waals surface area contributed by atoms with E-state index in [2.05, 4.69) is 17.1 Å². The first-order valence-electron chi connectivity index (χ1n) is 5.82. The van der Waals surface area contributed by atoms with Gasteiger partial charge in [-0.05, 0) is 13.0 Å². The number of carbonyl (C=O) groups excluding carboxylic acids is 1. The summed E-state index contributed by atoms with van der Waals surface area (Å²) >= 11 is 0. The first-order chi connectivity index (χ1) is 7.86. The molecule has 0 amide bonds. The Morgan fingerprint density at radius 2 is 1.81 bits per heavy atom. The fourth-order valence-electron chi connectivity index (χ4n) is 1.94. The summed E-state index contributed by atoms with van der Waals surface area (Å²) in [4.78, 5) is 14.1. The van der Waals surface area contributed by atoms with Crippen molar-refractivity contribution >= 4 is 5.78 Å². The van der Waals surface area contributed by atoms with Crippen molar-refractivity contribution in [2.75, 3.05) is 19.6 Å². The molecular formula is C14H17NO. The van der Waals surface area contributed by atoms with E-state index in [1.54, 1.807) is 0 Å². The van der Waals surface area contributed by atoms with Gasteiger partial charge in [-0.2, -0.15) is 0 Å². The molecule has 0 fully saturated rings. The van der Waals surface area contributed by atoms with Crippen LogP contribution in [0, 0.1) is 0 Å². The van der Waals surface area contributed by atoms with E-state index in [9.17, 15) is 4.79 Å². The minimum Gasteiger partial charge on any atom is -0.296 e.